The molecule has 2 heteroatoms. The van der Waals surface area contributed by atoms with E-state index < -0.39 is 0 Å². The maximum Gasteiger partial charge on any atom is 0.162 e. The summed E-state index contributed by atoms with van der Waals surface area (Å²) in [6.45, 7) is 1.80. The first-order valence-electron chi connectivity index (χ1n) is 6.55. The number of carbonyl (C=O) groups excluding carboxylic acids is 1. The molecule has 0 atom stereocenters. The SMILES string of the molecule is CCC(=O)c1ccc(C2CCCCC2)c(F)c1. The van der Waals surface area contributed by atoms with Crippen LogP contribution in [-0.4, -0.2) is 5.78 Å². The number of ketones is 1. The molecule has 0 aromatic heterocycles. The Morgan fingerprint density at radius 3 is 2.59 bits per heavy atom. The van der Waals surface area contributed by atoms with E-state index in [0.717, 1.165) is 18.4 Å². The zero-order valence-electron chi connectivity index (χ0n) is 10.3. The van der Waals surface area contributed by atoms with Crippen molar-refractivity contribution in [3.05, 3.63) is 35.1 Å². The molecule has 1 aliphatic rings. The second-order valence-electron chi connectivity index (χ2n) is 4.85. The fraction of sp³-hybridized carbons (Fsp3) is 0.533. The molecular weight excluding hydrogens is 215 g/mol. The van der Waals surface area contributed by atoms with Crippen LogP contribution in [0.25, 0.3) is 0 Å². The van der Waals surface area contributed by atoms with E-state index >= 15 is 0 Å². The molecule has 0 heterocycles. The van der Waals surface area contributed by atoms with Crippen molar-refractivity contribution in [2.24, 2.45) is 0 Å². The Kier molecular flexibility index (Phi) is 3.93. The first-order valence-corrected chi connectivity index (χ1v) is 6.55. The van der Waals surface area contributed by atoms with E-state index in [2.05, 4.69) is 0 Å². The molecule has 1 saturated carbocycles. The molecule has 0 saturated heterocycles. The lowest BCUT2D eigenvalue weighted by Crippen LogP contribution is -2.08. The summed E-state index contributed by atoms with van der Waals surface area (Å²) in [6, 6.07) is 5.00. The molecule has 1 nitrogen and oxygen atoms in total. The Morgan fingerprint density at radius 2 is 2.00 bits per heavy atom. The predicted octanol–water partition coefficient (Wildman–Crippen LogP) is 4.47. The Labute approximate surface area is 102 Å². The smallest absolute Gasteiger partial charge is 0.162 e. The van der Waals surface area contributed by atoms with Crippen LogP contribution in [0.5, 0.6) is 0 Å². The average molecular weight is 234 g/mol. The number of carbonyl (C=O) groups is 1. The number of rotatable bonds is 3. The summed E-state index contributed by atoms with van der Waals surface area (Å²) in [5.74, 6) is 0.171. The Bertz CT molecular complexity index is 405. The summed E-state index contributed by atoms with van der Waals surface area (Å²) in [5, 5.41) is 0. The van der Waals surface area contributed by atoms with Gasteiger partial charge in [0.05, 0.1) is 0 Å². The number of halogens is 1. The van der Waals surface area contributed by atoms with Crippen molar-refractivity contribution < 1.29 is 9.18 Å². The van der Waals surface area contributed by atoms with Crippen LogP contribution in [0.15, 0.2) is 18.2 Å². The molecular formula is C15H19FO. The molecule has 0 bridgehead atoms. The molecule has 1 aromatic carbocycles. The van der Waals surface area contributed by atoms with Gasteiger partial charge in [-0.05, 0) is 30.4 Å². The zero-order chi connectivity index (χ0) is 12.3. The van der Waals surface area contributed by atoms with Crippen LogP contribution in [-0.2, 0) is 0 Å². The Balaban J connectivity index is 2.21. The maximum absolute atomic E-state index is 14.0. The lowest BCUT2D eigenvalue weighted by atomic mass is 9.83. The third-order valence-electron chi connectivity index (χ3n) is 3.69. The number of hydrogen-bond donors (Lipinski definition) is 0. The highest BCUT2D eigenvalue weighted by Gasteiger charge is 2.19. The molecule has 2 rings (SSSR count). The van der Waals surface area contributed by atoms with E-state index in [0.29, 0.717) is 17.9 Å². The molecule has 1 aliphatic carbocycles. The lowest BCUT2D eigenvalue weighted by Gasteiger charge is -2.22. The first-order chi connectivity index (χ1) is 8.22. The van der Waals surface area contributed by atoms with Gasteiger partial charge in [-0.1, -0.05) is 38.3 Å². The van der Waals surface area contributed by atoms with Crippen molar-refractivity contribution >= 4 is 5.78 Å². The fourth-order valence-electron chi connectivity index (χ4n) is 2.65. The summed E-state index contributed by atoms with van der Waals surface area (Å²) in [6.07, 6.45) is 6.25. The summed E-state index contributed by atoms with van der Waals surface area (Å²) in [5.41, 5.74) is 1.31. The summed E-state index contributed by atoms with van der Waals surface area (Å²) >= 11 is 0. The lowest BCUT2D eigenvalue weighted by molar-refractivity contribution is 0.0987. The van der Waals surface area contributed by atoms with Gasteiger partial charge in [-0.15, -0.1) is 0 Å². The van der Waals surface area contributed by atoms with Crippen LogP contribution in [0.3, 0.4) is 0 Å². The molecule has 0 N–H and O–H groups in total. The number of hydrogen-bond acceptors (Lipinski definition) is 1. The van der Waals surface area contributed by atoms with Gasteiger partial charge >= 0.3 is 0 Å². The highest BCUT2D eigenvalue weighted by atomic mass is 19.1. The highest BCUT2D eigenvalue weighted by molar-refractivity contribution is 5.95. The van der Waals surface area contributed by atoms with Gasteiger partial charge in [-0.3, -0.25) is 4.79 Å². The van der Waals surface area contributed by atoms with Crippen LogP contribution in [0.4, 0.5) is 4.39 Å². The topological polar surface area (TPSA) is 17.1 Å². The van der Waals surface area contributed by atoms with Crippen molar-refractivity contribution in [1.82, 2.24) is 0 Å². The van der Waals surface area contributed by atoms with E-state index in [1.165, 1.54) is 25.3 Å². The van der Waals surface area contributed by atoms with E-state index in [4.69, 9.17) is 0 Å². The molecule has 92 valence electrons. The predicted molar refractivity (Wildman–Crippen MR) is 66.8 cm³/mol. The van der Waals surface area contributed by atoms with E-state index in [1.54, 1.807) is 13.0 Å². The van der Waals surface area contributed by atoms with Gasteiger partial charge in [0.15, 0.2) is 5.78 Å². The van der Waals surface area contributed by atoms with Gasteiger partial charge in [-0.25, -0.2) is 4.39 Å². The molecule has 1 aromatic rings. The van der Waals surface area contributed by atoms with Gasteiger partial charge in [0.2, 0.25) is 0 Å². The van der Waals surface area contributed by atoms with Crippen LogP contribution in [0, 0.1) is 5.82 Å². The fourth-order valence-corrected chi connectivity index (χ4v) is 2.65. The van der Waals surface area contributed by atoms with E-state index in [9.17, 15) is 9.18 Å². The molecule has 0 radical (unpaired) electrons. The number of benzene rings is 1. The Morgan fingerprint density at radius 1 is 1.29 bits per heavy atom. The molecule has 1 fully saturated rings. The average Bonchev–Trinajstić information content (AvgIpc) is 2.38. The Hall–Kier alpha value is -1.18. The van der Waals surface area contributed by atoms with Crippen LogP contribution in [0.1, 0.15) is 67.3 Å². The summed E-state index contributed by atoms with van der Waals surface area (Å²) < 4.78 is 14.0. The second kappa shape index (κ2) is 5.44. The molecule has 0 aliphatic heterocycles. The largest absolute Gasteiger partial charge is 0.294 e. The van der Waals surface area contributed by atoms with Crippen molar-refractivity contribution in [3.8, 4) is 0 Å². The third kappa shape index (κ3) is 2.74. The van der Waals surface area contributed by atoms with Crippen LogP contribution < -0.4 is 0 Å². The second-order valence-corrected chi connectivity index (χ2v) is 4.85. The van der Waals surface area contributed by atoms with Gasteiger partial charge < -0.3 is 0 Å². The van der Waals surface area contributed by atoms with Gasteiger partial charge in [-0.2, -0.15) is 0 Å². The maximum atomic E-state index is 14.0. The number of Topliss-reactive ketones (excluding diaryl/α,β-unsaturated/α-hetero) is 1. The van der Waals surface area contributed by atoms with Gasteiger partial charge in [0.1, 0.15) is 5.82 Å². The third-order valence-corrected chi connectivity index (χ3v) is 3.69. The van der Waals surface area contributed by atoms with Crippen LogP contribution in [0.2, 0.25) is 0 Å². The summed E-state index contributed by atoms with van der Waals surface area (Å²) in [4.78, 5) is 11.5. The van der Waals surface area contributed by atoms with Crippen LogP contribution >= 0.6 is 0 Å². The standard InChI is InChI=1S/C15H19FO/c1-2-15(17)12-8-9-13(14(16)10-12)11-6-4-3-5-7-11/h8-11H,2-7H2,1H3. The summed E-state index contributed by atoms with van der Waals surface area (Å²) in [7, 11) is 0. The highest BCUT2D eigenvalue weighted by Crippen LogP contribution is 2.34. The van der Waals surface area contributed by atoms with Crippen molar-refractivity contribution in [1.29, 1.82) is 0 Å². The van der Waals surface area contributed by atoms with E-state index in [1.807, 2.05) is 6.07 Å². The first kappa shape index (κ1) is 12.3. The zero-order valence-corrected chi connectivity index (χ0v) is 10.3. The van der Waals surface area contributed by atoms with Gasteiger partial charge in [0, 0.05) is 12.0 Å². The quantitative estimate of drug-likeness (QED) is 0.705. The molecule has 0 unspecified atom stereocenters. The monoisotopic (exact) mass is 234 g/mol. The molecule has 17 heavy (non-hydrogen) atoms. The minimum absolute atomic E-state index is 0.0131. The normalized spacial score (nSPS) is 17.1. The minimum atomic E-state index is -0.198. The van der Waals surface area contributed by atoms with Crippen molar-refractivity contribution in [2.45, 2.75) is 51.4 Å². The minimum Gasteiger partial charge on any atom is -0.294 e. The molecule has 0 spiro atoms. The van der Waals surface area contributed by atoms with Crippen molar-refractivity contribution in [2.75, 3.05) is 0 Å². The van der Waals surface area contributed by atoms with Crippen molar-refractivity contribution in [3.63, 3.8) is 0 Å². The molecule has 0 amide bonds. The van der Waals surface area contributed by atoms with Gasteiger partial charge in [0.25, 0.3) is 0 Å². The van der Waals surface area contributed by atoms with E-state index in [-0.39, 0.29) is 11.6 Å².